The van der Waals surface area contributed by atoms with Gasteiger partial charge in [-0.3, -0.25) is 4.79 Å². The van der Waals surface area contributed by atoms with Crippen LogP contribution in [0.4, 0.5) is 0 Å². The Morgan fingerprint density at radius 1 is 1.42 bits per heavy atom. The van der Waals surface area contributed by atoms with E-state index >= 15 is 0 Å². The Kier molecular flexibility index (Phi) is 8.76. The first-order chi connectivity index (χ1) is 5.11. The van der Waals surface area contributed by atoms with Crippen LogP contribution < -0.4 is 5.73 Å². The molecule has 3 nitrogen and oxygen atoms in total. The van der Waals surface area contributed by atoms with Crippen LogP contribution >= 0.6 is 12.4 Å². The molecule has 0 aromatic carbocycles. The highest BCUT2D eigenvalue weighted by molar-refractivity contribution is 5.85. The minimum atomic E-state index is -0.504. The summed E-state index contributed by atoms with van der Waals surface area (Å²) in [4.78, 5) is 10.9. The summed E-state index contributed by atoms with van der Waals surface area (Å²) in [5, 5.41) is 0. The predicted molar refractivity (Wildman–Crippen MR) is 51.4 cm³/mol. The Labute approximate surface area is 80.1 Å². The molecule has 0 aliphatic heterocycles. The number of halogens is 1. The highest BCUT2D eigenvalue weighted by Crippen LogP contribution is 2.03. The summed E-state index contributed by atoms with van der Waals surface area (Å²) in [5.74, 6) is -0.307. The molecule has 12 heavy (non-hydrogen) atoms. The molecular weight excluding hydrogens is 178 g/mol. The molecule has 4 heteroatoms. The van der Waals surface area contributed by atoms with Crippen LogP contribution in [0, 0.1) is 0 Å². The Hall–Kier alpha value is -0.280. The van der Waals surface area contributed by atoms with Crippen LogP contribution in [0.3, 0.4) is 0 Å². The normalized spacial score (nSPS) is 12.1. The Morgan fingerprint density at radius 3 is 2.08 bits per heavy atom. The number of nitrogens with two attached hydrogens (primary N) is 1. The highest BCUT2D eigenvalue weighted by Gasteiger charge is 2.13. The maximum atomic E-state index is 10.9. The maximum absolute atomic E-state index is 10.9. The van der Waals surface area contributed by atoms with Gasteiger partial charge in [-0.15, -0.1) is 12.4 Å². The zero-order chi connectivity index (χ0) is 8.85. The molecule has 0 aliphatic rings. The SMILES string of the molecule is CCC(CC)OC(=O)C(C)N.Cl. The van der Waals surface area contributed by atoms with Gasteiger partial charge in [0.25, 0.3) is 0 Å². The van der Waals surface area contributed by atoms with Crippen molar-refractivity contribution < 1.29 is 9.53 Å². The number of carbonyl (C=O) groups is 1. The molecular formula is C8H18ClNO2. The van der Waals surface area contributed by atoms with Crippen LogP contribution in [0.5, 0.6) is 0 Å². The Bertz CT molecular complexity index is 124. The zero-order valence-corrected chi connectivity index (χ0v) is 8.69. The molecule has 0 aliphatic carbocycles. The Balaban J connectivity index is 0. The second-order valence-electron chi connectivity index (χ2n) is 2.66. The van der Waals surface area contributed by atoms with Crippen molar-refractivity contribution in [3.8, 4) is 0 Å². The summed E-state index contributed by atoms with van der Waals surface area (Å²) in [6, 6.07) is -0.504. The molecule has 0 heterocycles. The van der Waals surface area contributed by atoms with E-state index in [9.17, 15) is 4.79 Å². The number of hydrogen-bond acceptors (Lipinski definition) is 3. The van der Waals surface area contributed by atoms with Gasteiger partial charge in [-0.05, 0) is 19.8 Å². The summed E-state index contributed by atoms with van der Waals surface area (Å²) in [6.45, 7) is 5.61. The molecule has 0 saturated heterocycles. The number of hydrogen-bond donors (Lipinski definition) is 1. The van der Waals surface area contributed by atoms with Crippen LogP contribution in [0.25, 0.3) is 0 Å². The van der Waals surface area contributed by atoms with Gasteiger partial charge >= 0.3 is 5.97 Å². The standard InChI is InChI=1S/C8H17NO2.ClH/c1-4-7(5-2)11-8(10)6(3)9;/h6-7H,4-5,9H2,1-3H3;1H. The van der Waals surface area contributed by atoms with E-state index in [0.717, 1.165) is 12.8 Å². The smallest absolute Gasteiger partial charge is 0.322 e. The van der Waals surface area contributed by atoms with Gasteiger partial charge in [0.1, 0.15) is 12.1 Å². The van der Waals surface area contributed by atoms with Gasteiger partial charge in [0, 0.05) is 0 Å². The summed E-state index contributed by atoms with van der Waals surface area (Å²) >= 11 is 0. The van der Waals surface area contributed by atoms with E-state index in [1.165, 1.54) is 0 Å². The lowest BCUT2D eigenvalue weighted by atomic mass is 10.2. The van der Waals surface area contributed by atoms with Gasteiger partial charge in [0.05, 0.1) is 0 Å². The van der Waals surface area contributed by atoms with Crippen molar-refractivity contribution in [2.24, 2.45) is 5.73 Å². The lowest BCUT2D eigenvalue weighted by Crippen LogP contribution is -2.31. The molecule has 0 fully saturated rings. The van der Waals surface area contributed by atoms with Gasteiger partial charge in [-0.25, -0.2) is 0 Å². The maximum Gasteiger partial charge on any atom is 0.322 e. The second kappa shape index (κ2) is 7.37. The van der Waals surface area contributed by atoms with Crippen molar-refractivity contribution >= 4 is 18.4 Å². The third kappa shape index (κ3) is 5.38. The largest absolute Gasteiger partial charge is 0.461 e. The number of esters is 1. The van der Waals surface area contributed by atoms with E-state index in [0.29, 0.717) is 0 Å². The topological polar surface area (TPSA) is 52.3 Å². The van der Waals surface area contributed by atoms with Gasteiger partial charge in [0.15, 0.2) is 0 Å². The summed E-state index contributed by atoms with van der Waals surface area (Å²) in [7, 11) is 0. The van der Waals surface area contributed by atoms with Crippen LogP contribution in [0.2, 0.25) is 0 Å². The molecule has 0 aromatic rings. The third-order valence-corrected chi connectivity index (χ3v) is 1.57. The molecule has 0 spiro atoms. The summed E-state index contributed by atoms with van der Waals surface area (Å²) in [5.41, 5.74) is 5.32. The molecule has 74 valence electrons. The summed E-state index contributed by atoms with van der Waals surface area (Å²) < 4.78 is 5.05. The number of rotatable bonds is 4. The first-order valence-electron chi connectivity index (χ1n) is 4.07. The van der Waals surface area contributed by atoms with Gasteiger partial charge in [-0.2, -0.15) is 0 Å². The van der Waals surface area contributed by atoms with E-state index in [1.807, 2.05) is 13.8 Å². The van der Waals surface area contributed by atoms with E-state index in [-0.39, 0.29) is 24.5 Å². The minimum Gasteiger partial charge on any atom is -0.461 e. The van der Waals surface area contributed by atoms with Crippen LogP contribution in [-0.4, -0.2) is 18.1 Å². The average molecular weight is 196 g/mol. The van der Waals surface area contributed by atoms with Gasteiger partial charge in [0.2, 0.25) is 0 Å². The monoisotopic (exact) mass is 195 g/mol. The van der Waals surface area contributed by atoms with Crippen LogP contribution in [0.15, 0.2) is 0 Å². The zero-order valence-electron chi connectivity index (χ0n) is 7.87. The molecule has 1 unspecified atom stereocenters. The molecule has 1 atom stereocenters. The van der Waals surface area contributed by atoms with Gasteiger partial charge < -0.3 is 10.5 Å². The van der Waals surface area contributed by atoms with Crippen molar-refractivity contribution in [2.75, 3.05) is 0 Å². The Morgan fingerprint density at radius 2 is 1.83 bits per heavy atom. The molecule has 0 amide bonds. The fourth-order valence-corrected chi connectivity index (χ4v) is 0.727. The van der Waals surface area contributed by atoms with E-state index in [4.69, 9.17) is 10.5 Å². The van der Waals surface area contributed by atoms with Crippen molar-refractivity contribution in [1.82, 2.24) is 0 Å². The minimum absolute atomic E-state index is 0. The van der Waals surface area contributed by atoms with Crippen molar-refractivity contribution in [3.63, 3.8) is 0 Å². The van der Waals surface area contributed by atoms with Crippen molar-refractivity contribution in [1.29, 1.82) is 0 Å². The predicted octanol–water partition coefficient (Wildman–Crippen LogP) is 1.49. The lowest BCUT2D eigenvalue weighted by Gasteiger charge is -2.15. The quantitative estimate of drug-likeness (QED) is 0.692. The lowest BCUT2D eigenvalue weighted by molar-refractivity contribution is -0.150. The van der Waals surface area contributed by atoms with Gasteiger partial charge in [-0.1, -0.05) is 13.8 Å². The molecule has 0 aromatic heterocycles. The molecule has 0 saturated carbocycles. The number of carbonyl (C=O) groups excluding carboxylic acids is 1. The first kappa shape index (κ1) is 14.3. The average Bonchev–Trinajstić information content (AvgIpc) is 1.99. The van der Waals surface area contributed by atoms with E-state index in [1.54, 1.807) is 6.92 Å². The van der Waals surface area contributed by atoms with E-state index < -0.39 is 6.04 Å². The second-order valence-corrected chi connectivity index (χ2v) is 2.66. The fraction of sp³-hybridized carbons (Fsp3) is 0.875. The first-order valence-corrected chi connectivity index (χ1v) is 4.07. The molecule has 0 bridgehead atoms. The molecule has 0 rings (SSSR count). The highest BCUT2D eigenvalue weighted by atomic mass is 35.5. The third-order valence-electron chi connectivity index (χ3n) is 1.57. The van der Waals surface area contributed by atoms with Crippen LogP contribution in [-0.2, 0) is 9.53 Å². The summed E-state index contributed by atoms with van der Waals surface area (Å²) in [6.07, 6.45) is 1.75. The van der Waals surface area contributed by atoms with Crippen LogP contribution in [0.1, 0.15) is 33.6 Å². The molecule has 2 N–H and O–H groups in total. The van der Waals surface area contributed by atoms with Crippen molar-refractivity contribution in [3.05, 3.63) is 0 Å². The molecule has 0 radical (unpaired) electrons. The fourth-order valence-electron chi connectivity index (χ4n) is 0.727. The number of ether oxygens (including phenoxy) is 1. The van der Waals surface area contributed by atoms with E-state index in [2.05, 4.69) is 0 Å². The van der Waals surface area contributed by atoms with Crippen molar-refractivity contribution in [2.45, 2.75) is 45.8 Å².